The van der Waals surface area contributed by atoms with Crippen molar-refractivity contribution in [2.24, 2.45) is 11.7 Å². The average Bonchev–Trinajstić information content (AvgIpc) is 3.21. The van der Waals surface area contributed by atoms with Crippen molar-refractivity contribution < 1.29 is 17.9 Å². The molecular formula is C15H18ClN5O4S. The number of hydrogen-bond acceptors (Lipinski definition) is 6. The van der Waals surface area contributed by atoms with Gasteiger partial charge in [0, 0.05) is 24.0 Å². The van der Waals surface area contributed by atoms with E-state index in [1.807, 2.05) is 0 Å². The van der Waals surface area contributed by atoms with Crippen LogP contribution in [-0.4, -0.2) is 54.0 Å². The van der Waals surface area contributed by atoms with E-state index in [0.717, 1.165) is 0 Å². The summed E-state index contributed by atoms with van der Waals surface area (Å²) in [4.78, 5) is 16.0. The predicted molar refractivity (Wildman–Crippen MR) is 93.3 cm³/mol. The van der Waals surface area contributed by atoms with Gasteiger partial charge in [0.2, 0.25) is 15.9 Å². The molecule has 0 aliphatic carbocycles. The zero-order valence-corrected chi connectivity index (χ0v) is 15.7. The number of halogens is 1. The van der Waals surface area contributed by atoms with Gasteiger partial charge >= 0.3 is 0 Å². The molecule has 3 N–H and O–H groups in total. The van der Waals surface area contributed by atoms with Gasteiger partial charge in [0.1, 0.15) is 16.5 Å². The minimum atomic E-state index is -3.95. The van der Waals surface area contributed by atoms with Gasteiger partial charge in [-0.05, 0) is 25.1 Å². The molecule has 0 radical (unpaired) electrons. The lowest BCUT2D eigenvalue weighted by molar-refractivity contribution is -0.121. The van der Waals surface area contributed by atoms with Crippen LogP contribution in [0.15, 0.2) is 23.1 Å². The van der Waals surface area contributed by atoms with E-state index in [1.165, 1.54) is 29.6 Å². The second-order valence-corrected chi connectivity index (χ2v) is 8.35. The van der Waals surface area contributed by atoms with E-state index in [9.17, 15) is 13.2 Å². The Hall–Kier alpha value is -2.17. The highest BCUT2D eigenvalue weighted by Gasteiger charge is 2.45. The van der Waals surface area contributed by atoms with Crippen LogP contribution in [0.5, 0.6) is 5.75 Å². The van der Waals surface area contributed by atoms with Crippen LogP contribution >= 0.6 is 11.6 Å². The number of nitrogens with zero attached hydrogens (tertiary/aromatic N) is 3. The normalized spacial score (nSPS) is 21.0. The number of hydrogen-bond donors (Lipinski definition) is 2. The summed E-state index contributed by atoms with van der Waals surface area (Å²) in [5.41, 5.74) is 5.48. The van der Waals surface area contributed by atoms with Gasteiger partial charge in [-0.3, -0.25) is 9.89 Å². The van der Waals surface area contributed by atoms with Crippen LogP contribution in [0.4, 0.5) is 0 Å². The first-order valence-electron chi connectivity index (χ1n) is 7.76. The lowest BCUT2D eigenvalue weighted by Gasteiger charge is -2.18. The molecule has 11 heteroatoms. The number of aromatic nitrogens is 3. The fourth-order valence-corrected chi connectivity index (χ4v) is 4.94. The molecule has 2 aromatic rings. The second-order valence-electron chi connectivity index (χ2n) is 6.01. The SMILES string of the molecule is COc1ccc(Cl)cc1S(=O)(=O)N1C[C@@H](C(N)=O)[C@H](c2n[nH]c(C)n2)C1. The lowest BCUT2D eigenvalue weighted by Crippen LogP contribution is -2.32. The zero-order valence-electron chi connectivity index (χ0n) is 14.1. The molecule has 0 unspecified atom stereocenters. The van der Waals surface area contributed by atoms with Crippen molar-refractivity contribution in [2.45, 2.75) is 17.7 Å². The van der Waals surface area contributed by atoms with Crippen LogP contribution < -0.4 is 10.5 Å². The molecule has 26 heavy (non-hydrogen) atoms. The molecule has 1 fully saturated rings. The van der Waals surface area contributed by atoms with E-state index in [0.29, 0.717) is 11.6 Å². The number of amides is 1. The number of benzene rings is 1. The molecule has 2 heterocycles. The Kier molecular flexibility index (Phi) is 4.91. The van der Waals surface area contributed by atoms with Crippen molar-refractivity contribution in [3.63, 3.8) is 0 Å². The number of methoxy groups -OCH3 is 1. The maximum atomic E-state index is 13.1. The largest absolute Gasteiger partial charge is 0.495 e. The molecule has 9 nitrogen and oxygen atoms in total. The number of aromatic amines is 1. The maximum absolute atomic E-state index is 13.1. The second kappa shape index (κ2) is 6.86. The molecule has 1 aromatic carbocycles. The molecule has 140 valence electrons. The Morgan fingerprint density at radius 3 is 2.73 bits per heavy atom. The summed E-state index contributed by atoms with van der Waals surface area (Å²) < 4.78 is 32.5. The van der Waals surface area contributed by atoms with E-state index in [4.69, 9.17) is 22.1 Å². The van der Waals surface area contributed by atoms with Crippen molar-refractivity contribution in [3.8, 4) is 5.75 Å². The maximum Gasteiger partial charge on any atom is 0.246 e. The number of carbonyl (C=O) groups excluding carboxylic acids is 1. The number of ether oxygens (including phenoxy) is 1. The molecule has 3 rings (SSSR count). The van der Waals surface area contributed by atoms with E-state index >= 15 is 0 Å². The van der Waals surface area contributed by atoms with Gasteiger partial charge in [-0.15, -0.1) is 0 Å². The molecular weight excluding hydrogens is 382 g/mol. The Balaban J connectivity index is 1.99. The van der Waals surface area contributed by atoms with Crippen LogP contribution in [0, 0.1) is 12.8 Å². The van der Waals surface area contributed by atoms with E-state index < -0.39 is 27.8 Å². The summed E-state index contributed by atoms with van der Waals surface area (Å²) in [6, 6.07) is 4.33. The highest BCUT2D eigenvalue weighted by Crippen LogP contribution is 2.37. The molecule has 1 saturated heterocycles. The minimum absolute atomic E-state index is 0.0307. The number of nitrogens with two attached hydrogens (primary N) is 1. The smallest absolute Gasteiger partial charge is 0.246 e. The molecule has 0 spiro atoms. The fraction of sp³-hybridized carbons (Fsp3) is 0.400. The van der Waals surface area contributed by atoms with Gasteiger partial charge < -0.3 is 10.5 Å². The number of rotatable bonds is 5. The van der Waals surface area contributed by atoms with Crippen LogP contribution in [0.3, 0.4) is 0 Å². The number of sulfonamides is 1. The van der Waals surface area contributed by atoms with Crippen LogP contribution in [0.25, 0.3) is 0 Å². The Labute approximate surface area is 155 Å². The highest BCUT2D eigenvalue weighted by atomic mass is 35.5. The third-order valence-corrected chi connectivity index (χ3v) is 6.43. The number of nitrogens with one attached hydrogen (secondary N) is 1. The van der Waals surface area contributed by atoms with Gasteiger partial charge in [0.25, 0.3) is 0 Å². The molecule has 0 bridgehead atoms. The number of aryl methyl sites for hydroxylation is 1. The van der Waals surface area contributed by atoms with Crippen LogP contribution in [0.2, 0.25) is 5.02 Å². The Morgan fingerprint density at radius 2 is 2.15 bits per heavy atom. The van der Waals surface area contributed by atoms with Gasteiger partial charge in [-0.1, -0.05) is 11.6 Å². The Morgan fingerprint density at radius 1 is 1.42 bits per heavy atom. The molecule has 1 aromatic heterocycles. The number of H-pyrrole nitrogens is 1. The summed E-state index contributed by atoms with van der Waals surface area (Å²) in [5.74, 6) is -0.763. The van der Waals surface area contributed by atoms with Gasteiger partial charge in [-0.25, -0.2) is 13.4 Å². The molecule has 0 saturated carbocycles. The van der Waals surface area contributed by atoms with Crippen LogP contribution in [-0.2, 0) is 14.8 Å². The van der Waals surface area contributed by atoms with Crippen molar-refractivity contribution >= 4 is 27.5 Å². The van der Waals surface area contributed by atoms with Crippen molar-refractivity contribution in [1.82, 2.24) is 19.5 Å². The standard InChI is InChI=1S/C15H18ClN5O4S/c1-8-18-15(20-19-8)11-7-21(6-10(11)14(17)22)26(23,24)13-5-9(16)3-4-12(13)25-2/h3-5,10-11H,6-7H2,1-2H3,(H2,17,22)(H,18,19,20)/t10-,11-/m1/s1. The first-order chi connectivity index (χ1) is 12.2. The molecule has 1 amide bonds. The fourth-order valence-electron chi connectivity index (χ4n) is 3.03. The van der Waals surface area contributed by atoms with Gasteiger partial charge in [0.15, 0.2) is 5.82 Å². The summed E-state index contributed by atoms with van der Waals surface area (Å²) in [7, 11) is -2.58. The third-order valence-electron chi connectivity index (χ3n) is 4.34. The quantitative estimate of drug-likeness (QED) is 0.759. The van der Waals surface area contributed by atoms with E-state index in [1.54, 1.807) is 6.92 Å². The summed E-state index contributed by atoms with van der Waals surface area (Å²) >= 11 is 5.96. The Bertz CT molecular complexity index is 945. The van der Waals surface area contributed by atoms with Gasteiger partial charge in [-0.2, -0.15) is 9.40 Å². The first-order valence-corrected chi connectivity index (χ1v) is 9.57. The summed E-state index contributed by atoms with van der Waals surface area (Å²) in [6.07, 6.45) is 0. The molecule has 1 aliphatic rings. The van der Waals surface area contributed by atoms with Gasteiger partial charge in [0.05, 0.1) is 13.0 Å². The van der Waals surface area contributed by atoms with Crippen LogP contribution in [0.1, 0.15) is 17.6 Å². The van der Waals surface area contributed by atoms with Crippen molar-refractivity contribution in [2.75, 3.05) is 20.2 Å². The molecule has 1 aliphatic heterocycles. The van der Waals surface area contributed by atoms with Crippen molar-refractivity contribution in [1.29, 1.82) is 0 Å². The van der Waals surface area contributed by atoms with E-state index in [2.05, 4.69) is 15.2 Å². The highest BCUT2D eigenvalue weighted by molar-refractivity contribution is 7.89. The minimum Gasteiger partial charge on any atom is -0.495 e. The van der Waals surface area contributed by atoms with Crippen molar-refractivity contribution in [3.05, 3.63) is 34.9 Å². The van der Waals surface area contributed by atoms with E-state index in [-0.39, 0.29) is 28.8 Å². The zero-order chi connectivity index (χ0) is 19.1. The molecule has 2 atom stereocenters. The number of carbonyl (C=O) groups is 1. The first kappa shape index (κ1) is 18.6. The lowest BCUT2D eigenvalue weighted by atomic mass is 9.95. The average molecular weight is 400 g/mol. The monoisotopic (exact) mass is 399 g/mol. The predicted octanol–water partition coefficient (Wildman–Crippen LogP) is 0.665. The topological polar surface area (TPSA) is 131 Å². The number of primary amides is 1. The summed E-state index contributed by atoms with van der Waals surface area (Å²) in [6.45, 7) is 1.69. The summed E-state index contributed by atoms with van der Waals surface area (Å²) in [5, 5.41) is 7.01. The third kappa shape index (κ3) is 3.27.